The second kappa shape index (κ2) is 12.1. The molecular formula is C17H23ClFN3O5. The molecule has 0 fully saturated rings. The highest BCUT2D eigenvalue weighted by Gasteiger charge is 2.25. The van der Waals surface area contributed by atoms with E-state index >= 15 is 0 Å². The molecule has 0 saturated carbocycles. The van der Waals surface area contributed by atoms with Gasteiger partial charge in [-0.05, 0) is 20.3 Å². The first-order valence-electron chi connectivity index (χ1n) is 8.51. The molecule has 1 atom stereocenters. The predicted molar refractivity (Wildman–Crippen MR) is 97.2 cm³/mol. The molecule has 8 nitrogen and oxygen atoms in total. The summed E-state index contributed by atoms with van der Waals surface area (Å²) in [4.78, 5) is 39.6. The molecule has 1 amide bonds. The van der Waals surface area contributed by atoms with Crippen LogP contribution in [0.1, 0.15) is 37.2 Å². The van der Waals surface area contributed by atoms with Gasteiger partial charge in [-0.3, -0.25) is 9.59 Å². The summed E-state index contributed by atoms with van der Waals surface area (Å²) < 4.78 is 23.8. The molecular weight excluding hydrogens is 381 g/mol. The molecule has 0 aliphatic rings. The van der Waals surface area contributed by atoms with Gasteiger partial charge in [0.25, 0.3) is 5.91 Å². The smallest absolute Gasteiger partial charge is 0.328 e. The molecule has 0 spiro atoms. The molecule has 1 aromatic heterocycles. The van der Waals surface area contributed by atoms with Crippen molar-refractivity contribution >= 4 is 35.1 Å². The van der Waals surface area contributed by atoms with E-state index in [1.807, 2.05) is 0 Å². The van der Waals surface area contributed by atoms with Crippen molar-refractivity contribution in [2.24, 2.45) is 0 Å². The standard InChI is InChI=1S/C17H23ClFN3O5/c1-3-26-14(23)6-5-13(17(25)27-4-2)22-16(24)15-12(19)9-11(10-21-15)20-8-7-18/h9-10,13,20H,3-8H2,1-2H3,(H,22,24). The molecule has 0 radical (unpaired) electrons. The van der Waals surface area contributed by atoms with E-state index in [1.165, 1.54) is 6.20 Å². The van der Waals surface area contributed by atoms with Crippen molar-refractivity contribution in [3.05, 3.63) is 23.8 Å². The van der Waals surface area contributed by atoms with Gasteiger partial charge < -0.3 is 20.1 Å². The fourth-order valence-corrected chi connectivity index (χ4v) is 2.20. The first-order chi connectivity index (χ1) is 12.9. The molecule has 1 aromatic rings. The maximum absolute atomic E-state index is 14.2. The highest BCUT2D eigenvalue weighted by Crippen LogP contribution is 2.12. The van der Waals surface area contributed by atoms with Crippen molar-refractivity contribution in [1.29, 1.82) is 0 Å². The summed E-state index contributed by atoms with van der Waals surface area (Å²) in [6.07, 6.45) is 1.14. The van der Waals surface area contributed by atoms with Gasteiger partial charge in [0.2, 0.25) is 0 Å². The number of carbonyl (C=O) groups is 3. The Morgan fingerprint density at radius 2 is 1.96 bits per heavy atom. The third-order valence-electron chi connectivity index (χ3n) is 3.30. The molecule has 0 aliphatic heterocycles. The number of pyridine rings is 1. The lowest BCUT2D eigenvalue weighted by atomic mass is 10.1. The van der Waals surface area contributed by atoms with Crippen LogP contribution < -0.4 is 10.6 Å². The molecule has 1 rings (SSSR count). The van der Waals surface area contributed by atoms with E-state index in [0.29, 0.717) is 18.1 Å². The van der Waals surface area contributed by atoms with Crippen LogP contribution in [0.4, 0.5) is 10.1 Å². The summed E-state index contributed by atoms with van der Waals surface area (Å²) in [6.45, 7) is 3.97. The van der Waals surface area contributed by atoms with Crippen molar-refractivity contribution < 1.29 is 28.2 Å². The largest absolute Gasteiger partial charge is 0.466 e. The van der Waals surface area contributed by atoms with Gasteiger partial charge >= 0.3 is 11.9 Å². The Balaban J connectivity index is 2.82. The Morgan fingerprint density at radius 1 is 1.26 bits per heavy atom. The highest BCUT2D eigenvalue weighted by molar-refractivity contribution is 6.18. The molecule has 0 bridgehead atoms. The van der Waals surface area contributed by atoms with Gasteiger partial charge in [0, 0.05) is 24.9 Å². The van der Waals surface area contributed by atoms with Crippen molar-refractivity contribution in [2.75, 3.05) is 31.0 Å². The number of carbonyl (C=O) groups excluding carboxylic acids is 3. The fourth-order valence-electron chi connectivity index (χ4n) is 2.11. The Morgan fingerprint density at radius 3 is 2.56 bits per heavy atom. The molecule has 10 heteroatoms. The zero-order valence-corrected chi connectivity index (χ0v) is 16.0. The van der Waals surface area contributed by atoms with Gasteiger partial charge in [-0.25, -0.2) is 14.2 Å². The van der Waals surface area contributed by atoms with Gasteiger partial charge in [-0.1, -0.05) is 0 Å². The lowest BCUT2D eigenvalue weighted by molar-refractivity contribution is -0.146. The lowest BCUT2D eigenvalue weighted by Gasteiger charge is -2.17. The molecule has 0 aromatic carbocycles. The number of halogens is 2. The number of aromatic nitrogens is 1. The van der Waals surface area contributed by atoms with E-state index in [4.69, 9.17) is 21.1 Å². The van der Waals surface area contributed by atoms with Gasteiger partial charge in [0.1, 0.15) is 6.04 Å². The van der Waals surface area contributed by atoms with E-state index in [-0.39, 0.29) is 26.1 Å². The van der Waals surface area contributed by atoms with Gasteiger partial charge in [0.05, 0.1) is 25.1 Å². The molecule has 1 heterocycles. The number of nitrogens with one attached hydrogen (secondary N) is 2. The number of ether oxygens (including phenoxy) is 2. The van der Waals surface area contributed by atoms with E-state index in [2.05, 4.69) is 15.6 Å². The van der Waals surface area contributed by atoms with Crippen molar-refractivity contribution in [3.63, 3.8) is 0 Å². The zero-order chi connectivity index (χ0) is 20.2. The molecule has 2 N–H and O–H groups in total. The van der Waals surface area contributed by atoms with Gasteiger partial charge in [-0.2, -0.15) is 0 Å². The van der Waals surface area contributed by atoms with Gasteiger partial charge in [-0.15, -0.1) is 11.6 Å². The van der Waals surface area contributed by atoms with E-state index in [1.54, 1.807) is 13.8 Å². The van der Waals surface area contributed by atoms with Crippen LogP contribution in [0.2, 0.25) is 0 Å². The maximum atomic E-state index is 14.2. The SMILES string of the molecule is CCOC(=O)CCC(NC(=O)c1ncc(NCCCl)cc1F)C(=O)OCC. The topological polar surface area (TPSA) is 107 Å². The zero-order valence-electron chi connectivity index (χ0n) is 15.2. The third kappa shape index (κ3) is 7.78. The number of hydrogen-bond acceptors (Lipinski definition) is 7. The number of anilines is 1. The average Bonchev–Trinajstić information content (AvgIpc) is 2.63. The second-order valence-corrected chi connectivity index (χ2v) is 5.67. The molecule has 0 aliphatic carbocycles. The number of hydrogen-bond donors (Lipinski definition) is 2. The van der Waals surface area contributed by atoms with E-state index in [0.717, 1.165) is 6.07 Å². The van der Waals surface area contributed by atoms with Crippen LogP contribution in [-0.4, -0.2) is 54.5 Å². The monoisotopic (exact) mass is 403 g/mol. The van der Waals surface area contributed by atoms with E-state index in [9.17, 15) is 18.8 Å². The Hall–Kier alpha value is -2.42. The average molecular weight is 404 g/mol. The quantitative estimate of drug-likeness (QED) is 0.429. The third-order valence-corrected chi connectivity index (χ3v) is 3.49. The summed E-state index contributed by atoms with van der Waals surface area (Å²) in [5, 5.41) is 5.18. The highest BCUT2D eigenvalue weighted by atomic mass is 35.5. The first kappa shape index (κ1) is 22.6. The minimum absolute atomic E-state index is 0.0413. The number of rotatable bonds is 11. The molecule has 150 valence electrons. The van der Waals surface area contributed by atoms with Crippen LogP contribution >= 0.6 is 11.6 Å². The minimum atomic E-state index is -1.13. The van der Waals surface area contributed by atoms with Crippen molar-refractivity contribution in [2.45, 2.75) is 32.7 Å². The van der Waals surface area contributed by atoms with Crippen LogP contribution in [0.5, 0.6) is 0 Å². The molecule has 0 saturated heterocycles. The molecule has 27 heavy (non-hydrogen) atoms. The first-order valence-corrected chi connectivity index (χ1v) is 9.04. The Labute approximate surface area is 161 Å². The fraction of sp³-hybridized carbons (Fsp3) is 0.529. The summed E-state index contributed by atoms with van der Waals surface area (Å²) in [7, 11) is 0. The summed E-state index contributed by atoms with van der Waals surface area (Å²) in [6, 6.07) is -0.0241. The normalized spacial score (nSPS) is 11.4. The van der Waals surface area contributed by atoms with Crippen molar-refractivity contribution in [1.82, 2.24) is 10.3 Å². The van der Waals surface area contributed by atoms with Crippen LogP contribution in [-0.2, 0) is 19.1 Å². The maximum Gasteiger partial charge on any atom is 0.328 e. The number of esters is 2. The van der Waals surface area contributed by atoms with Crippen LogP contribution in [0, 0.1) is 5.82 Å². The van der Waals surface area contributed by atoms with E-state index < -0.39 is 35.4 Å². The number of alkyl halides is 1. The predicted octanol–water partition coefficient (Wildman–Crippen LogP) is 1.88. The van der Waals surface area contributed by atoms with Gasteiger partial charge in [0.15, 0.2) is 11.5 Å². The minimum Gasteiger partial charge on any atom is -0.466 e. The lowest BCUT2D eigenvalue weighted by Crippen LogP contribution is -2.42. The summed E-state index contributed by atoms with van der Waals surface area (Å²) in [5.41, 5.74) is -0.106. The van der Waals surface area contributed by atoms with Crippen molar-refractivity contribution in [3.8, 4) is 0 Å². The van der Waals surface area contributed by atoms with Crippen LogP contribution in [0.15, 0.2) is 12.3 Å². The summed E-state index contributed by atoms with van der Waals surface area (Å²) in [5.74, 6) is -2.67. The Kier molecular flexibility index (Phi) is 10.1. The Bertz CT molecular complexity index is 659. The summed E-state index contributed by atoms with van der Waals surface area (Å²) >= 11 is 5.54. The number of nitrogens with zero attached hydrogens (tertiary/aromatic N) is 1. The van der Waals surface area contributed by atoms with Crippen LogP contribution in [0.25, 0.3) is 0 Å². The number of amides is 1. The molecule has 1 unspecified atom stereocenters. The van der Waals surface area contributed by atoms with Crippen LogP contribution in [0.3, 0.4) is 0 Å². The second-order valence-electron chi connectivity index (χ2n) is 5.29.